The highest BCUT2D eigenvalue weighted by molar-refractivity contribution is 5.90. The molecule has 0 aliphatic carbocycles. The number of rotatable bonds is 8. The number of carbonyl (C=O) groups is 2. The fourth-order valence-corrected chi connectivity index (χ4v) is 1.96. The quantitative estimate of drug-likeness (QED) is 0.541. The van der Waals surface area contributed by atoms with Gasteiger partial charge in [0.2, 0.25) is 5.75 Å². The first-order valence-corrected chi connectivity index (χ1v) is 7.64. The highest BCUT2D eigenvalue weighted by Crippen LogP contribution is 2.38. The molecule has 10 heteroatoms. The first-order valence-electron chi connectivity index (χ1n) is 7.64. The van der Waals surface area contributed by atoms with Crippen molar-refractivity contribution in [3.05, 3.63) is 23.8 Å². The smallest absolute Gasteiger partial charge is 0.405 e. The summed E-state index contributed by atoms with van der Waals surface area (Å²) in [6.45, 7) is -0.341. The van der Waals surface area contributed by atoms with Crippen LogP contribution in [0.2, 0.25) is 0 Å². The minimum atomic E-state index is -4.55. The van der Waals surface area contributed by atoms with Crippen molar-refractivity contribution >= 4 is 18.0 Å². The van der Waals surface area contributed by atoms with Crippen LogP contribution in [0.4, 0.5) is 13.2 Å². The molecule has 0 bridgehead atoms. The van der Waals surface area contributed by atoms with Gasteiger partial charge in [-0.25, -0.2) is 4.79 Å². The molecule has 1 amide bonds. The molecule has 0 fully saturated rings. The fraction of sp³-hybridized carbons (Fsp3) is 0.412. The van der Waals surface area contributed by atoms with E-state index in [1.54, 1.807) is 17.4 Å². The molecule has 0 aromatic heterocycles. The van der Waals surface area contributed by atoms with E-state index in [0.29, 0.717) is 22.8 Å². The van der Waals surface area contributed by atoms with Crippen LogP contribution in [-0.4, -0.2) is 52.0 Å². The van der Waals surface area contributed by atoms with Gasteiger partial charge in [0.25, 0.3) is 5.91 Å². The van der Waals surface area contributed by atoms with Crippen LogP contribution < -0.4 is 19.5 Å². The standard InChI is InChI=1S/C17H20F3NO6/c1-10(16(23)21-9-17(18,19)20)27-14(22)6-5-11-7-12(24-2)15(26-4)13(8-11)25-3/h5-8,10H,9H2,1-4H3,(H,21,23)/b6-5+/t10-/m1/s1. The molecule has 1 rings (SSSR count). The summed E-state index contributed by atoms with van der Waals surface area (Å²) in [4.78, 5) is 23.2. The molecule has 0 aliphatic rings. The Labute approximate surface area is 154 Å². The third kappa shape index (κ3) is 7.08. The lowest BCUT2D eigenvalue weighted by Gasteiger charge is -2.14. The second-order valence-electron chi connectivity index (χ2n) is 5.20. The maximum absolute atomic E-state index is 12.1. The fourth-order valence-electron chi connectivity index (χ4n) is 1.96. The Hall–Kier alpha value is -2.91. The van der Waals surface area contributed by atoms with Crippen molar-refractivity contribution in [2.45, 2.75) is 19.2 Å². The molecule has 0 saturated carbocycles. The van der Waals surface area contributed by atoms with E-state index in [9.17, 15) is 22.8 Å². The average Bonchev–Trinajstić information content (AvgIpc) is 2.62. The monoisotopic (exact) mass is 391 g/mol. The van der Waals surface area contributed by atoms with Crippen LogP contribution in [0, 0.1) is 0 Å². The van der Waals surface area contributed by atoms with Crippen molar-refractivity contribution in [2.24, 2.45) is 0 Å². The van der Waals surface area contributed by atoms with Gasteiger partial charge in [-0.1, -0.05) is 0 Å². The van der Waals surface area contributed by atoms with Crippen molar-refractivity contribution in [1.82, 2.24) is 5.32 Å². The summed E-state index contributed by atoms with van der Waals surface area (Å²) in [5.74, 6) is -0.857. The Balaban J connectivity index is 2.76. The Kier molecular flexibility index (Phi) is 7.95. The van der Waals surface area contributed by atoms with Crippen LogP contribution in [0.15, 0.2) is 18.2 Å². The van der Waals surface area contributed by atoms with E-state index < -0.39 is 30.7 Å². The summed E-state index contributed by atoms with van der Waals surface area (Å²) in [6, 6.07) is 3.15. The number of hydrogen-bond donors (Lipinski definition) is 1. The molecule has 0 unspecified atom stereocenters. The molecule has 1 atom stereocenters. The largest absolute Gasteiger partial charge is 0.493 e. The van der Waals surface area contributed by atoms with Crippen LogP contribution in [0.1, 0.15) is 12.5 Å². The molecule has 150 valence electrons. The van der Waals surface area contributed by atoms with E-state index >= 15 is 0 Å². The van der Waals surface area contributed by atoms with E-state index in [0.717, 1.165) is 13.0 Å². The maximum atomic E-state index is 12.1. The maximum Gasteiger partial charge on any atom is 0.405 e. The first-order chi connectivity index (χ1) is 12.6. The van der Waals surface area contributed by atoms with E-state index in [-0.39, 0.29) is 0 Å². The highest BCUT2D eigenvalue weighted by Gasteiger charge is 2.29. The Morgan fingerprint density at radius 1 is 1.11 bits per heavy atom. The molecule has 0 radical (unpaired) electrons. The molecule has 0 saturated heterocycles. The third-order valence-corrected chi connectivity index (χ3v) is 3.22. The molecule has 1 aromatic carbocycles. The molecule has 0 spiro atoms. The Morgan fingerprint density at radius 3 is 2.11 bits per heavy atom. The van der Waals surface area contributed by atoms with Gasteiger partial charge in [0.1, 0.15) is 6.54 Å². The zero-order valence-corrected chi connectivity index (χ0v) is 15.2. The molecule has 0 aliphatic heterocycles. The number of nitrogens with one attached hydrogen (secondary N) is 1. The van der Waals surface area contributed by atoms with Crippen LogP contribution in [-0.2, 0) is 14.3 Å². The van der Waals surface area contributed by atoms with Crippen molar-refractivity contribution in [2.75, 3.05) is 27.9 Å². The summed E-state index contributed by atoms with van der Waals surface area (Å²) in [5.41, 5.74) is 0.510. The topological polar surface area (TPSA) is 83.1 Å². The normalized spacial score (nSPS) is 12.4. The summed E-state index contributed by atoms with van der Waals surface area (Å²) in [7, 11) is 4.30. The zero-order valence-electron chi connectivity index (χ0n) is 15.2. The van der Waals surface area contributed by atoms with Crippen molar-refractivity contribution < 1.29 is 41.7 Å². The number of esters is 1. The van der Waals surface area contributed by atoms with E-state index in [1.165, 1.54) is 27.4 Å². The minimum absolute atomic E-state index is 0.366. The number of ether oxygens (including phenoxy) is 4. The average molecular weight is 391 g/mol. The van der Waals surface area contributed by atoms with Crippen LogP contribution >= 0.6 is 0 Å². The number of carbonyl (C=O) groups excluding carboxylic acids is 2. The van der Waals surface area contributed by atoms with Gasteiger partial charge in [-0.3, -0.25) is 4.79 Å². The molecular formula is C17H20F3NO6. The van der Waals surface area contributed by atoms with Crippen molar-refractivity contribution in [3.8, 4) is 17.2 Å². The molecular weight excluding hydrogens is 371 g/mol. The van der Waals surface area contributed by atoms with Gasteiger partial charge in [0, 0.05) is 6.08 Å². The molecule has 0 heterocycles. The minimum Gasteiger partial charge on any atom is -0.493 e. The second-order valence-corrected chi connectivity index (χ2v) is 5.20. The van der Waals surface area contributed by atoms with Gasteiger partial charge in [-0.2, -0.15) is 13.2 Å². The predicted molar refractivity (Wildman–Crippen MR) is 89.8 cm³/mol. The van der Waals surface area contributed by atoms with Gasteiger partial charge in [0.05, 0.1) is 21.3 Å². The lowest BCUT2D eigenvalue weighted by atomic mass is 10.1. The summed E-state index contributed by atoms with van der Waals surface area (Å²) in [6.07, 6.45) is -3.54. The van der Waals surface area contributed by atoms with E-state index in [2.05, 4.69) is 0 Å². The first kappa shape index (κ1) is 22.1. The summed E-state index contributed by atoms with van der Waals surface area (Å²) in [5, 5.41) is 1.63. The van der Waals surface area contributed by atoms with Crippen LogP contribution in [0.3, 0.4) is 0 Å². The third-order valence-electron chi connectivity index (χ3n) is 3.22. The van der Waals surface area contributed by atoms with Gasteiger partial charge in [-0.05, 0) is 30.7 Å². The van der Waals surface area contributed by atoms with E-state index in [1.807, 2.05) is 0 Å². The number of methoxy groups -OCH3 is 3. The zero-order chi connectivity index (χ0) is 20.6. The van der Waals surface area contributed by atoms with Crippen LogP contribution in [0.5, 0.6) is 17.2 Å². The van der Waals surface area contributed by atoms with Crippen molar-refractivity contribution in [3.63, 3.8) is 0 Å². The summed E-state index contributed by atoms with van der Waals surface area (Å²) >= 11 is 0. The van der Waals surface area contributed by atoms with Gasteiger partial charge < -0.3 is 24.3 Å². The summed E-state index contributed by atoms with van der Waals surface area (Å²) < 4.78 is 56.5. The number of hydrogen-bond acceptors (Lipinski definition) is 6. The number of amides is 1. The molecule has 1 aromatic rings. The predicted octanol–water partition coefficient (Wildman–Crippen LogP) is 2.34. The Bertz CT molecular complexity index is 677. The van der Waals surface area contributed by atoms with Crippen LogP contribution in [0.25, 0.3) is 6.08 Å². The molecule has 27 heavy (non-hydrogen) atoms. The lowest BCUT2D eigenvalue weighted by Crippen LogP contribution is -2.40. The van der Waals surface area contributed by atoms with Gasteiger partial charge in [0.15, 0.2) is 17.6 Å². The van der Waals surface area contributed by atoms with Gasteiger partial charge in [-0.15, -0.1) is 0 Å². The lowest BCUT2D eigenvalue weighted by molar-refractivity contribution is -0.154. The molecule has 7 nitrogen and oxygen atoms in total. The number of benzene rings is 1. The molecule has 1 N–H and O–H groups in total. The van der Waals surface area contributed by atoms with Crippen molar-refractivity contribution in [1.29, 1.82) is 0 Å². The highest BCUT2D eigenvalue weighted by atomic mass is 19.4. The van der Waals surface area contributed by atoms with Gasteiger partial charge >= 0.3 is 12.1 Å². The SMILES string of the molecule is COc1cc(/C=C/C(=O)O[C@H](C)C(=O)NCC(F)(F)F)cc(OC)c1OC. The van der Waals surface area contributed by atoms with E-state index in [4.69, 9.17) is 18.9 Å². The Morgan fingerprint density at radius 2 is 1.67 bits per heavy atom. The number of alkyl halides is 3. The second kappa shape index (κ2) is 9.70. The number of halogens is 3.